The van der Waals surface area contributed by atoms with Crippen molar-refractivity contribution >= 4 is 0 Å². The van der Waals surface area contributed by atoms with Gasteiger partial charge in [0.25, 0.3) is 0 Å². The second kappa shape index (κ2) is 3.68. The van der Waals surface area contributed by atoms with Gasteiger partial charge in [-0.1, -0.05) is 6.92 Å². The van der Waals surface area contributed by atoms with E-state index in [1.807, 2.05) is 0 Å². The van der Waals surface area contributed by atoms with Gasteiger partial charge in [0.15, 0.2) is 6.29 Å². The molecule has 2 unspecified atom stereocenters. The normalized spacial score (nSPS) is 50.3. The maximum atomic E-state index is 9.44. The zero-order valence-electron chi connectivity index (χ0n) is 7.75. The van der Waals surface area contributed by atoms with E-state index >= 15 is 0 Å². The summed E-state index contributed by atoms with van der Waals surface area (Å²) < 4.78 is 11.7. The number of aliphatic hydroxyl groups is 4. The van der Waals surface area contributed by atoms with Gasteiger partial charge in [0.2, 0.25) is 1.43 Å². The summed E-state index contributed by atoms with van der Waals surface area (Å²) in [4.78, 5) is 0. The molecule has 1 heterocycles. The average molecular weight is 179 g/mol. The summed E-state index contributed by atoms with van der Waals surface area (Å²) in [6.45, 7) is 1.19. The molecule has 5 heteroatoms. The van der Waals surface area contributed by atoms with Crippen LogP contribution in [0.3, 0.4) is 0 Å². The Balaban J connectivity index is 2.66. The van der Waals surface area contributed by atoms with Crippen molar-refractivity contribution in [1.82, 2.24) is 0 Å². The maximum absolute atomic E-state index is 9.44. The van der Waals surface area contributed by atoms with E-state index in [1.54, 1.807) is 6.92 Å². The van der Waals surface area contributed by atoms with Crippen LogP contribution in [-0.2, 0) is 4.74 Å². The molecule has 1 aliphatic heterocycles. The van der Waals surface area contributed by atoms with Crippen molar-refractivity contribution < 1.29 is 25.2 Å². The van der Waals surface area contributed by atoms with Crippen LogP contribution in [-0.4, -0.2) is 53.1 Å². The van der Waals surface area contributed by atoms with Crippen molar-refractivity contribution in [2.75, 3.05) is 6.61 Å². The highest BCUT2D eigenvalue weighted by molar-refractivity contribution is 4.86. The molecule has 1 rings (SSSR count). The number of aliphatic hydroxyl groups excluding tert-OH is 4. The molecule has 5 nitrogen and oxygen atoms in total. The van der Waals surface area contributed by atoms with E-state index in [0.717, 1.165) is 0 Å². The van der Waals surface area contributed by atoms with Crippen LogP contribution in [0, 0.1) is 5.92 Å². The highest BCUT2D eigenvalue weighted by atomic mass is 16.6. The van der Waals surface area contributed by atoms with E-state index in [0.29, 0.717) is 0 Å². The first-order valence-corrected chi connectivity index (χ1v) is 3.86. The average Bonchev–Trinajstić information content (AvgIpc) is 2.15. The Kier molecular flexibility index (Phi) is 2.57. The Bertz CT molecular complexity index is 147. The SMILES string of the molecule is [2H]O[C@H]1OC(CO)[C@H](O)[C@H](O)C1C. The van der Waals surface area contributed by atoms with Gasteiger partial charge in [0.05, 0.1) is 12.7 Å². The van der Waals surface area contributed by atoms with Crippen LogP contribution in [0.25, 0.3) is 0 Å². The van der Waals surface area contributed by atoms with Crippen LogP contribution in [0.15, 0.2) is 0 Å². The smallest absolute Gasteiger partial charge is 0.213 e. The molecule has 0 aromatic carbocycles. The highest BCUT2D eigenvalue weighted by Gasteiger charge is 2.40. The van der Waals surface area contributed by atoms with Gasteiger partial charge in [0, 0.05) is 5.92 Å². The zero-order valence-corrected chi connectivity index (χ0v) is 6.75. The molecule has 0 amide bonds. The lowest BCUT2D eigenvalue weighted by molar-refractivity contribution is -0.266. The third-order valence-electron chi connectivity index (χ3n) is 2.19. The molecule has 0 aromatic rings. The van der Waals surface area contributed by atoms with Crippen molar-refractivity contribution in [3.63, 3.8) is 0 Å². The first-order valence-electron chi connectivity index (χ1n) is 4.27. The van der Waals surface area contributed by atoms with E-state index in [9.17, 15) is 10.2 Å². The van der Waals surface area contributed by atoms with Gasteiger partial charge in [-0.15, -0.1) is 0 Å². The summed E-state index contributed by atoms with van der Waals surface area (Å²) in [7, 11) is 0. The van der Waals surface area contributed by atoms with E-state index < -0.39 is 37.1 Å². The molecule has 0 aliphatic carbocycles. The third-order valence-corrected chi connectivity index (χ3v) is 2.19. The lowest BCUT2D eigenvalue weighted by atomic mass is 9.93. The van der Waals surface area contributed by atoms with Gasteiger partial charge in [0.1, 0.15) is 12.2 Å². The van der Waals surface area contributed by atoms with E-state index in [4.69, 9.17) is 11.3 Å². The molecule has 0 radical (unpaired) electrons. The Morgan fingerprint density at radius 1 is 1.42 bits per heavy atom. The van der Waals surface area contributed by atoms with Gasteiger partial charge in [-0.05, 0) is 0 Å². The number of rotatable bonds is 2. The fourth-order valence-electron chi connectivity index (χ4n) is 1.22. The predicted octanol–water partition coefficient (Wildman–Crippen LogP) is -1.95. The molecular formula is C7H14O5. The number of ether oxygens (including phenoxy) is 1. The van der Waals surface area contributed by atoms with Crippen LogP contribution < -0.4 is 0 Å². The minimum Gasteiger partial charge on any atom is -0.394 e. The van der Waals surface area contributed by atoms with Crippen molar-refractivity contribution in [3.8, 4) is 0 Å². The van der Waals surface area contributed by atoms with Crippen molar-refractivity contribution in [2.24, 2.45) is 5.92 Å². The first-order chi connectivity index (χ1) is 6.11. The van der Waals surface area contributed by atoms with Gasteiger partial charge in [-0.3, -0.25) is 0 Å². The minimum atomic E-state index is -1.13. The summed E-state index contributed by atoms with van der Waals surface area (Å²) in [6, 6.07) is 0. The summed E-state index contributed by atoms with van der Waals surface area (Å²) in [5.74, 6) is -0.490. The van der Waals surface area contributed by atoms with E-state index in [-0.39, 0.29) is 0 Å². The third kappa shape index (κ3) is 1.60. The standard InChI is InChI=1S/C7H14O5/c1-3-5(9)6(10)4(2-8)12-7(3)11/h3-11H,2H2,1H3/t3?,4?,5-,6+,7+/m1/s1/i11D. The molecule has 4 N–H and O–H groups in total. The van der Waals surface area contributed by atoms with Crippen LogP contribution in [0.1, 0.15) is 6.92 Å². The molecule has 0 bridgehead atoms. The van der Waals surface area contributed by atoms with Crippen LogP contribution >= 0.6 is 0 Å². The second-order valence-electron chi connectivity index (χ2n) is 3.07. The van der Waals surface area contributed by atoms with Crippen LogP contribution in [0.5, 0.6) is 0 Å². The number of hydrogen-bond acceptors (Lipinski definition) is 5. The van der Waals surface area contributed by atoms with Crippen molar-refractivity contribution in [3.05, 3.63) is 0 Å². The fraction of sp³-hybridized carbons (Fsp3) is 1.00. The summed E-state index contributed by atoms with van der Waals surface area (Å²) >= 11 is 0. The molecular weight excluding hydrogens is 164 g/mol. The van der Waals surface area contributed by atoms with Crippen LogP contribution in [0.4, 0.5) is 0 Å². The molecule has 5 atom stereocenters. The summed E-state index contributed by atoms with van der Waals surface area (Å²) in [5.41, 5.74) is 0. The van der Waals surface area contributed by atoms with Crippen molar-refractivity contribution in [1.29, 1.82) is 1.43 Å². The van der Waals surface area contributed by atoms with Gasteiger partial charge < -0.3 is 25.2 Å². The zero-order chi connectivity index (χ0) is 10.0. The molecule has 12 heavy (non-hydrogen) atoms. The molecule has 1 fully saturated rings. The monoisotopic (exact) mass is 179 g/mol. The van der Waals surface area contributed by atoms with Crippen LogP contribution in [0.2, 0.25) is 0 Å². The van der Waals surface area contributed by atoms with Gasteiger partial charge >= 0.3 is 0 Å². The lowest BCUT2D eigenvalue weighted by Gasteiger charge is -2.38. The highest BCUT2D eigenvalue weighted by Crippen LogP contribution is 2.23. The molecule has 0 aromatic heterocycles. The maximum Gasteiger partial charge on any atom is 0.213 e. The van der Waals surface area contributed by atoms with Crippen molar-refractivity contribution in [2.45, 2.75) is 31.5 Å². The Hall–Kier alpha value is -0.200. The Morgan fingerprint density at radius 3 is 2.58 bits per heavy atom. The quantitative estimate of drug-likeness (QED) is 0.396. The number of hydrogen-bond donors (Lipinski definition) is 4. The topological polar surface area (TPSA) is 90.2 Å². The lowest BCUT2D eigenvalue weighted by Crippen LogP contribution is -2.54. The Labute approximate surface area is 71.7 Å². The largest absolute Gasteiger partial charge is 0.394 e. The summed E-state index contributed by atoms with van der Waals surface area (Å²) in [5, 5.41) is 31.8. The predicted molar refractivity (Wildman–Crippen MR) is 39.1 cm³/mol. The second-order valence-corrected chi connectivity index (χ2v) is 3.07. The fourth-order valence-corrected chi connectivity index (χ4v) is 1.22. The van der Waals surface area contributed by atoms with Gasteiger partial charge in [-0.25, -0.2) is 0 Å². The first kappa shape index (κ1) is 8.40. The van der Waals surface area contributed by atoms with Gasteiger partial charge in [-0.2, -0.15) is 0 Å². The minimum absolute atomic E-state index is 0.412. The molecule has 1 saturated heterocycles. The molecule has 72 valence electrons. The molecule has 1 aliphatic rings. The summed E-state index contributed by atoms with van der Waals surface area (Å²) in [6.07, 6.45) is -3.97. The molecule has 0 saturated carbocycles. The molecule has 0 spiro atoms. The van der Waals surface area contributed by atoms with E-state index in [1.165, 1.54) is 0 Å². The Morgan fingerprint density at radius 2 is 2.08 bits per heavy atom. The van der Waals surface area contributed by atoms with E-state index in [2.05, 4.69) is 5.11 Å².